The standard InChI is InChI=1S/C13H18F3NO2S/c1-2-20(18,19)12-8-4-3-7-11(12)17-10-6-5-9-13(14,15)16/h3-4,7-8,17H,2,5-6,9-10H2,1H3. The van der Waals surface area contributed by atoms with Crippen LogP contribution < -0.4 is 5.32 Å². The van der Waals surface area contributed by atoms with Crippen molar-refractivity contribution < 1.29 is 21.6 Å². The number of rotatable bonds is 7. The van der Waals surface area contributed by atoms with Crippen molar-refractivity contribution >= 4 is 15.5 Å². The maximum Gasteiger partial charge on any atom is 0.389 e. The van der Waals surface area contributed by atoms with Crippen LogP contribution in [0.25, 0.3) is 0 Å². The lowest BCUT2D eigenvalue weighted by molar-refractivity contribution is -0.135. The summed E-state index contributed by atoms with van der Waals surface area (Å²) in [5.41, 5.74) is 0.446. The predicted molar refractivity (Wildman–Crippen MR) is 72.6 cm³/mol. The molecule has 0 saturated heterocycles. The second kappa shape index (κ2) is 6.97. The molecule has 0 atom stereocenters. The Balaban J connectivity index is 2.57. The van der Waals surface area contributed by atoms with Crippen molar-refractivity contribution in [3.05, 3.63) is 24.3 Å². The zero-order chi connectivity index (χ0) is 15.2. The fraction of sp³-hybridized carbons (Fsp3) is 0.538. The van der Waals surface area contributed by atoms with Gasteiger partial charge in [-0.05, 0) is 25.0 Å². The third-order valence-electron chi connectivity index (χ3n) is 2.80. The van der Waals surface area contributed by atoms with E-state index < -0.39 is 22.4 Å². The molecule has 0 aliphatic heterocycles. The molecule has 1 rings (SSSR count). The lowest BCUT2D eigenvalue weighted by atomic mass is 10.2. The Labute approximate surface area is 117 Å². The SMILES string of the molecule is CCS(=O)(=O)c1ccccc1NCCCCC(F)(F)F. The number of hydrogen-bond donors (Lipinski definition) is 1. The summed E-state index contributed by atoms with van der Waals surface area (Å²) in [7, 11) is -3.34. The lowest BCUT2D eigenvalue weighted by Crippen LogP contribution is -2.11. The molecule has 0 amide bonds. The van der Waals surface area contributed by atoms with Gasteiger partial charge >= 0.3 is 6.18 Å². The molecule has 0 aromatic heterocycles. The van der Waals surface area contributed by atoms with Crippen LogP contribution >= 0.6 is 0 Å². The second-order valence-corrected chi connectivity index (χ2v) is 6.65. The number of para-hydroxylation sites is 1. The monoisotopic (exact) mass is 309 g/mol. The normalized spacial score (nSPS) is 12.4. The minimum atomic E-state index is -4.14. The highest BCUT2D eigenvalue weighted by molar-refractivity contribution is 7.91. The zero-order valence-electron chi connectivity index (χ0n) is 11.2. The van der Waals surface area contributed by atoms with Crippen molar-refractivity contribution in [1.82, 2.24) is 0 Å². The maximum atomic E-state index is 12.0. The molecule has 1 aromatic rings. The average molecular weight is 309 g/mol. The molecule has 1 N–H and O–H groups in total. The number of unbranched alkanes of at least 4 members (excludes halogenated alkanes) is 1. The molecule has 7 heteroatoms. The third kappa shape index (κ3) is 5.40. The van der Waals surface area contributed by atoms with Crippen molar-refractivity contribution in [2.45, 2.75) is 37.3 Å². The van der Waals surface area contributed by atoms with Gasteiger partial charge in [0, 0.05) is 13.0 Å². The summed E-state index contributed by atoms with van der Waals surface area (Å²) in [4.78, 5) is 0.193. The zero-order valence-corrected chi connectivity index (χ0v) is 12.0. The van der Waals surface area contributed by atoms with E-state index in [0.717, 1.165) is 0 Å². The van der Waals surface area contributed by atoms with Crippen LogP contribution in [-0.2, 0) is 9.84 Å². The second-order valence-electron chi connectivity index (χ2n) is 4.40. The van der Waals surface area contributed by atoms with E-state index in [0.29, 0.717) is 18.7 Å². The summed E-state index contributed by atoms with van der Waals surface area (Å²) >= 11 is 0. The van der Waals surface area contributed by atoms with Crippen LogP contribution in [0.1, 0.15) is 26.2 Å². The van der Waals surface area contributed by atoms with Gasteiger partial charge in [0.05, 0.1) is 16.3 Å². The van der Waals surface area contributed by atoms with E-state index in [1.165, 1.54) is 6.07 Å². The first-order chi connectivity index (χ1) is 9.26. The number of alkyl halides is 3. The van der Waals surface area contributed by atoms with Crippen molar-refractivity contribution in [2.75, 3.05) is 17.6 Å². The maximum absolute atomic E-state index is 12.0. The summed E-state index contributed by atoms with van der Waals surface area (Å²) in [6, 6.07) is 6.42. The molecule has 0 bridgehead atoms. The molecule has 0 radical (unpaired) electrons. The number of halogens is 3. The van der Waals surface area contributed by atoms with E-state index in [4.69, 9.17) is 0 Å². The topological polar surface area (TPSA) is 46.2 Å². The van der Waals surface area contributed by atoms with E-state index in [1.807, 2.05) is 0 Å². The van der Waals surface area contributed by atoms with Crippen LogP contribution in [0.2, 0.25) is 0 Å². The number of sulfone groups is 1. The largest absolute Gasteiger partial charge is 0.389 e. The van der Waals surface area contributed by atoms with Gasteiger partial charge in [-0.3, -0.25) is 0 Å². The van der Waals surface area contributed by atoms with Crippen molar-refractivity contribution in [2.24, 2.45) is 0 Å². The Morgan fingerprint density at radius 1 is 1.15 bits per heavy atom. The van der Waals surface area contributed by atoms with Gasteiger partial charge in [0.2, 0.25) is 0 Å². The summed E-state index contributed by atoms with van der Waals surface area (Å²) in [5, 5.41) is 2.89. The Hall–Kier alpha value is -1.24. The van der Waals surface area contributed by atoms with Crippen LogP contribution in [0.5, 0.6) is 0 Å². The summed E-state index contributed by atoms with van der Waals surface area (Å²) in [5.74, 6) is -0.0141. The van der Waals surface area contributed by atoms with Crippen molar-refractivity contribution in [3.8, 4) is 0 Å². The number of nitrogens with one attached hydrogen (secondary N) is 1. The first kappa shape index (κ1) is 16.8. The molecule has 0 saturated carbocycles. The molecular formula is C13H18F3NO2S. The van der Waals surface area contributed by atoms with Crippen LogP contribution in [0.4, 0.5) is 18.9 Å². The minimum absolute atomic E-state index is 0.0141. The highest BCUT2D eigenvalue weighted by Gasteiger charge is 2.25. The van der Waals surface area contributed by atoms with Gasteiger partial charge in [0.15, 0.2) is 9.84 Å². The summed E-state index contributed by atoms with van der Waals surface area (Å²) < 4.78 is 59.6. The van der Waals surface area contributed by atoms with Gasteiger partial charge < -0.3 is 5.32 Å². The van der Waals surface area contributed by atoms with E-state index in [-0.39, 0.29) is 17.1 Å². The van der Waals surface area contributed by atoms with Gasteiger partial charge in [0.1, 0.15) is 0 Å². The quantitative estimate of drug-likeness (QED) is 0.782. The van der Waals surface area contributed by atoms with Gasteiger partial charge in [-0.25, -0.2) is 8.42 Å². The fourth-order valence-corrected chi connectivity index (χ4v) is 2.79. The van der Waals surface area contributed by atoms with Gasteiger partial charge in [-0.1, -0.05) is 19.1 Å². The smallest absolute Gasteiger partial charge is 0.384 e. The lowest BCUT2D eigenvalue weighted by Gasteiger charge is -2.12. The Bertz CT molecular complexity index is 527. The molecule has 20 heavy (non-hydrogen) atoms. The van der Waals surface area contributed by atoms with Crippen LogP contribution in [0.15, 0.2) is 29.2 Å². The van der Waals surface area contributed by atoms with Crippen LogP contribution in [0, 0.1) is 0 Å². The highest BCUT2D eigenvalue weighted by atomic mass is 32.2. The Morgan fingerprint density at radius 2 is 1.80 bits per heavy atom. The van der Waals surface area contributed by atoms with Crippen LogP contribution in [0.3, 0.4) is 0 Å². The molecule has 114 valence electrons. The molecular weight excluding hydrogens is 291 g/mol. The molecule has 0 aliphatic rings. The number of anilines is 1. The Kier molecular flexibility index (Phi) is 5.86. The van der Waals surface area contributed by atoms with E-state index >= 15 is 0 Å². The molecule has 0 heterocycles. The minimum Gasteiger partial charge on any atom is -0.384 e. The fourth-order valence-electron chi connectivity index (χ4n) is 1.71. The molecule has 0 aliphatic carbocycles. The van der Waals surface area contributed by atoms with E-state index in [1.54, 1.807) is 25.1 Å². The third-order valence-corrected chi connectivity index (χ3v) is 4.59. The average Bonchev–Trinajstić information content (AvgIpc) is 2.37. The predicted octanol–water partition coefficient (Wildman–Crippen LogP) is 3.62. The first-order valence-corrected chi connectivity index (χ1v) is 8.04. The molecule has 0 spiro atoms. The van der Waals surface area contributed by atoms with Gasteiger partial charge in [-0.2, -0.15) is 13.2 Å². The van der Waals surface area contributed by atoms with E-state index in [9.17, 15) is 21.6 Å². The van der Waals surface area contributed by atoms with Gasteiger partial charge in [-0.15, -0.1) is 0 Å². The molecule has 1 aromatic carbocycles. The van der Waals surface area contributed by atoms with Crippen molar-refractivity contribution in [3.63, 3.8) is 0 Å². The highest BCUT2D eigenvalue weighted by Crippen LogP contribution is 2.24. The summed E-state index contributed by atoms with van der Waals surface area (Å²) in [6.45, 7) is 1.86. The molecule has 3 nitrogen and oxygen atoms in total. The number of hydrogen-bond acceptors (Lipinski definition) is 3. The molecule has 0 unspecified atom stereocenters. The summed E-state index contributed by atoms with van der Waals surface area (Å²) in [6.07, 6.45) is -4.59. The molecule has 0 fully saturated rings. The van der Waals surface area contributed by atoms with Crippen molar-refractivity contribution in [1.29, 1.82) is 0 Å². The Morgan fingerprint density at radius 3 is 2.40 bits per heavy atom. The van der Waals surface area contributed by atoms with E-state index in [2.05, 4.69) is 5.32 Å². The number of benzene rings is 1. The van der Waals surface area contributed by atoms with Gasteiger partial charge in [0.25, 0.3) is 0 Å². The van der Waals surface area contributed by atoms with Crippen LogP contribution in [-0.4, -0.2) is 26.9 Å². The first-order valence-electron chi connectivity index (χ1n) is 6.38.